The van der Waals surface area contributed by atoms with Crippen LogP contribution in [-0.2, 0) is 0 Å². The Kier molecular flexibility index (Phi) is 3.66. The third kappa shape index (κ3) is 2.57. The van der Waals surface area contributed by atoms with Gasteiger partial charge in [0.25, 0.3) is 0 Å². The molecule has 0 saturated heterocycles. The summed E-state index contributed by atoms with van der Waals surface area (Å²) in [4.78, 5) is 5.84. The number of hydrogen-bond donors (Lipinski definition) is 0. The van der Waals surface area contributed by atoms with Crippen molar-refractivity contribution in [1.29, 1.82) is 5.26 Å². The molecule has 0 aromatic carbocycles. The zero-order chi connectivity index (χ0) is 10.6. The SMILES string of the molecule is CN(C)/C=C/c1c(Br)cncc1C#N. The van der Waals surface area contributed by atoms with E-state index in [-0.39, 0.29) is 0 Å². The molecule has 1 aromatic heterocycles. The molecule has 0 aliphatic rings. The highest BCUT2D eigenvalue weighted by atomic mass is 79.9. The molecule has 0 fully saturated rings. The number of rotatable bonds is 2. The first-order chi connectivity index (χ1) is 6.65. The molecule has 0 unspecified atom stereocenters. The largest absolute Gasteiger partial charge is 0.383 e. The molecule has 1 rings (SSSR count). The van der Waals surface area contributed by atoms with Crippen LogP contribution in [0.3, 0.4) is 0 Å². The minimum absolute atomic E-state index is 0.567. The summed E-state index contributed by atoms with van der Waals surface area (Å²) in [5.74, 6) is 0. The van der Waals surface area contributed by atoms with Gasteiger partial charge in [0.2, 0.25) is 0 Å². The first-order valence-corrected chi connectivity index (χ1v) is 4.82. The van der Waals surface area contributed by atoms with E-state index in [0.717, 1.165) is 10.0 Å². The number of nitriles is 1. The minimum Gasteiger partial charge on any atom is -0.383 e. The molecular weight excluding hydrogens is 242 g/mol. The molecule has 0 spiro atoms. The fourth-order valence-corrected chi connectivity index (χ4v) is 1.39. The molecule has 14 heavy (non-hydrogen) atoms. The third-order valence-corrected chi connectivity index (χ3v) is 2.23. The Morgan fingerprint density at radius 2 is 2.21 bits per heavy atom. The van der Waals surface area contributed by atoms with E-state index < -0.39 is 0 Å². The van der Waals surface area contributed by atoms with Crippen LogP contribution >= 0.6 is 15.9 Å². The normalized spacial score (nSPS) is 10.1. The average molecular weight is 252 g/mol. The van der Waals surface area contributed by atoms with Gasteiger partial charge in [0.05, 0.1) is 5.56 Å². The average Bonchev–Trinajstić information content (AvgIpc) is 2.15. The summed E-state index contributed by atoms with van der Waals surface area (Å²) in [6, 6.07) is 2.10. The molecular formula is C10H10BrN3. The molecule has 0 aliphatic carbocycles. The van der Waals surface area contributed by atoms with Gasteiger partial charge in [-0.2, -0.15) is 5.26 Å². The molecule has 72 valence electrons. The summed E-state index contributed by atoms with van der Waals surface area (Å²) in [7, 11) is 3.86. The topological polar surface area (TPSA) is 39.9 Å². The molecule has 1 aromatic rings. The van der Waals surface area contributed by atoms with Crippen molar-refractivity contribution in [2.75, 3.05) is 14.1 Å². The summed E-state index contributed by atoms with van der Waals surface area (Å²) in [6.07, 6.45) is 7.00. The van der Waals surface area contributed by atoms with Crippen LogP contribution in [0.5, 0.6) is 0 Å². The van der Waals surface area contributed by atoms with Crippen LogP contribution in [-0.4, -0.2) is 24.0 Å². The van der Waals surface area contributed by atoms with E-state index in [0.29, 0.717) is 5.56 Å². The summed E-state index contributed by atoms with van der Waals surface area (Å²) >= 11 is 3.35. The van der Waals surface area contributed by atoms with Crippen LogP contribution in [0.1, 0.15) is 11.1 Å². The Bertz CT molecular complexity index is 391. The number of pyridine rings is 1. The second-order valence-electron chi connectivity index (χ2n) is 2.97. The zero-order valence-corrected chi connectivity index (χ0v) is 9.62. The lowest BCUT2D eigenvalue weighted by atomic mass is 10.1. The van der Waals surface area contributed by atoms with Crippen molar-refractivity contribution in [1.82, 2.24) is 9.88 Å². The van der Waals surface area contributed by atoms with Gasteiger partial charge in [0, 0.05) is 36.5 Å². The smallest absolute Gasteiger partial charge is 0.101 e. The van der Waals surface area contributed by atoms with Crippen LogP contribution in [0.25, 0.3) is 6.08 Å². The first kappa shape index (κ1) is 10.7. The predicted molar refractivity (Wildman–Crippen MR) is 59.4 cm³/mol. The predicted octanol–water partition coefficient (Wildman–Crippen LogP) is 2.25. The van der Waals surface area contributed by atoms with E-state index in [1.165, 1.54) is 0 Å². The van der Waals surface area contributed by atoms with Crippen molar-refractivity contribution >= 4 is 22.0 Å². The fourth-order valence-electron chi connectivity index (χ4n) is 0.927. The Labute approximate surface area is 91.8 Å². The van der Waals surface area contributed by atoms with Gasteiger partial charge >= 0.3 is 0 Å². The maximum Gasteiger partial charge on any atom is 0.101 e. The van der Waals surface area contributed by atoms with Crippen molar-refractivity contribution in [2.24, 2.45) is 0 Å². The number of halogens is 1. The Morgan fingerprint density at radius 1 is 1.50 bits per heavy atom. The van der Waals surface area contributed by atoms with Crippen LogP contribution in [0.15, 0.2) is 23.1 Å². The van der Waals surface area contributed by atoms with Crippen molar-refractivity contribution < 1.29 is 0 Å². The quantitative estimate of drug-likeness (QED) is 0.810. The zero-order valence-electron chi connectivity index (χ0n) is 8.03. The van der Waals surface area contributed by atoms with Gasteiger partial charge in [0.15, 0.2) is 0 Å². The lowest BCUT2D eigenvalue weighted by Gasteiger charge is -2.05. The van der Waals surface area contributed by atoms with Crippen LogP contribution in [0, 0.1) is 11.3 Å². The van der Waals surface area contributed by atoms with Gasteiger partial charge in [-0.25, -0.2) is 0 Å². The first-order valence-electron chi connectivity index (χ1n) is 4.03. The lowest BCUT2D eigenvalue weighted by Crippen LogP contribution is -2.00. The molecule has 3 nitrogen and oxygen atoms in total. The Morgan fingerprint density at radius 3 is 2.79 bits per heavy atom. The van der Waals surface area contributed by atoms with Gasteiger partial charge < -0.3 is 4.90 Å². The molecule has 0 N–H and O–H groups in total. The molecule has 0 bridgehead atoms. The fraction of sp³-hybridized carbons (Fsp3) is 0.200. The van der Waals surface area contributed by atoms with Gasteiger partial charge in [0.1, 0.15) is 6.07 Å². The van der Waals surface area contributed by atoms with E-state index in [4.69, 9.17) is 5.26 Å². The van der Waals surface area contributed by atoms with E-state index in [2.05, 4.69) is 27.0 Å². The molecule has 0 radical (unpaired) electrons. The standard InChI is InChI=1S/C10H10BrN3/c1-14(2)4-3-9-8(5-12)6-13-7-10(9)11/h3-4,6-7H,1-2H3/b4-3+. The second-order valence-corrected chi connectivity index (χ2v) is 3.83. The maximum absolute atomic E-state index is 8.85. The molecule has 1 heterocycles. The summed E-state index contributed by atoms with van der Waals surface area (Å²) in [6.45, 7) is 0. The monoisotopic (exact) mass is 251 g/mol. The van der Waals surface area contributed by atoms with Gasteiger partial charge in [-0.1, -0.05) is 0 Å². The van der Waals surface area contributed by atoms with Gasteiger partial charge in [-0.3, -0.25) is 4.98 Å². The second kappa shape index (κ2) is 4.77. The highest BCUT2D eigenvalue weighted by Gasteiger charge is 2.02. The van der Waals surface area contributed by atoms with E-state index >= 15 is 0 Å². The van der Waals surface area contributed by atoms with E-state index in [1.54, 1.807) is 12.4 Å². The maximum atomic E-state index is 8.85. The van der Waals surface area contributed by atoms with Crippen molar-refractivity contribution in [3.63, 3.8) is 0 Å². The molecule has 0 aliphatic heterocycles. The Hall–Kier alpha value is -1.34. The highest BCUT2D eigenvalue weighted by molar-refractivity contribution is 9.10. The summed E-state index contributed by atoms with van der Waals surface area (Å²) in [5.41, 5.74) is 1.42. The van der Waals surface area contributed by atoms with Crippen LogP contribution in [0.2, 0.25) is 0 Å². The van der Waals surface area contributed by atoms with Gasteiger partial charge in [-0.15, -0.1) is 0 Å². The highest BCUT2D eigenvalue weighted by Crippen LogP contribution is 2.20. The summed E-state index contributed by atoms with van der Waals surface area (Å²) < 4.78 is 0.828. The number of nitrogens with zero attached hydrogens (tertiary/aromatic N) is 3. The number of aromatic nitrogens is 1. The molecule has 0 atom stereocenters. The third-order valence-electron chi connectivity index (χ3n) is 1.60. The molecule has 4 heteroatoms. The summed E-state index contributed by atoms with van der Waals surface area (Å²) in [5, 5.41) is 8.85. The van der Waals surface area contributed by atoms with Crippen molar-refractivity contribution in [3.05, 3.63) is 34.2 Å². The lowest BCUT2D eigenvalue weighted by molar-refractivity contribution is 0.567. The molecule has 0 saturated carbocycles. The van der Waals surface area contributed by atoms with Crippen LogP contribution < -0.4 is 0 Å². The van der Waals surface area contributed by atoms with Gasteiger partial charge in [-0.05, 0) is 28.2 Å². The van der Waals surface area contributed by atoms with E-state index in [1.807, 2.05) is 31.3 Å². The van der Waals surface area contributed by atoms with Crippen molar-refractivity contribution in [2.45, 2.75) is 0 Å². The number of hydrogen-bond acceptors (Lipinski definition) is 3. The van der Waals surface area contributed by atoms with Crippen molar-refractivity contribution in [3.8, 4) is 6.07 Å². The minimum atomic E-state index is 0.567. The van der Waals surface area contributed by atoms with E-state index in [9.17, 15) is 0 Å². The molecule has 0 amide bonds. The van der Waals surface area contributed by atoms with Crippen LogP contribution in [0.4, 0.5) is 0 Å². The Balaban J connectivity index is 3.13.